The van der Waals surface area contributed by atoms with Gasteiger partial charge in [0.15, 0.2) is 4.34 Å². The van der Waals surface area contributed by atoms with Crippen LogP contribution < -0.4 is 5.32 Å². The Kier molecular flexibility index (Phi) is 7.35. The third-order valence-corrected chi connectivity index (χ3v) is 6.31. The molecule has 2 aromatic rings. The number of piperidine rings is 1. The number of likely N-dealkylation sites (tertiary alicyclic amines) is 1. The average Bonchev–Trinajstić information content (AvgIpc) is 3.15. The lowest BCUT2D eigenvalue weighted by atomic mass is 9.95. The van der Waals surface area contributed by atoms with Crippen LogP contribution in [0.15, 0.2) is 28.6 Å². The molecule has 0 atom stereocenters. The molecule has 10 heteroatoms. The van der Waals surface area contributed by atoms with Crippen molar-refractivity contribution in [3.05, 3.63) is 35.6 Å². The van der Waals surface area contributed by atoms with E-state index in [0.29, 0.717) is 43.2 Å². The van der Waals surface area contributed by atoms with Crippen molar-refractivity contribution in [3.8, 4) is 0 Å². The summed E-state index contributed by atoms with van der Waals surface area (Å²) in [4.78, 5) is 26.6. The first kappa shape index (κ1) is 20.7. The first-order valence-electron chi connectivity index (χ1n) is 8.88. The summed E-state index contributed by atoms with van der Waals surface area (Å²) in [6, 6.07) is 5.66. The predicted octanol–water partition coefficient (Wildman–Crippen LogP) is 2.91. The van der Waals surface area contributed by atoms with Gasteiger partial charge in [-0.15, -0.1) is 10.2 Å². The highest BCUT2D eigenvalue weighted by atomic mass is 32.2. The second-order valence-corrected chi connectivity index (χ2v) is 8.60. The summed E-state index contributed by atoms with van der Waals surface area (Å²) >= 11 is 2.86. The number of amides is 2. The third-order valence-electron chi connectivity index (χ3n) is 4.37. The molecule has 1 fully saturated rings. The first-order valence-corrected chi connectivity index (χ1v) is 10.7. The molecule has 0 saturated carbocycles. The summed E-state index contributed by atoms with van der Waals surface area (Å²) < 4.78 is 19.1. The second-order valence-electron chi connectivity index (χ2n) is 6.28. The molecule has 1 aliphatic rings. The second kappa shape index (κ2) is 9.94. The molecule has 1 aromatic carbocycles. The van der Waals surface area contributed by atoms with Crippen molar-refractivity contribution >= 4 is 40.0 Å². The Balaban J connectivity index is 1.48. The molecular weight excluding hydrogens is 403 g/mol. The van der Waals surface area contributed by atoms with E-state index in [9.17, 15) is 14.0 Å². The summed E-state index contributed by atoms with van der Waals surface area (Å²) in [6.07, 6.45) is 1.11. The van der Waals surface area contributed by atoms with Gasteiger partial charge < -0.3 is 15.0 Å². The number of rotatable bonds is 7. The summed E-state index contributed by atoms with van der Waals surface area (Å²) in [7, 11) is 1.64. The summed E-state index contributed by atoms with van der Waals surface area (Å²) in [5.74, 6) is -0.165. The molecule has 1 aliphatic heterocycles. The van der Waals surface area contributed by atoms with Gasteiger partial charge in [-0.3, -0.25) is 9.59 Å². The number of nitrogens with one attached hydrogen (secondary N) is 1. The maximum atomic E-state index is 13.3. The number of carbonyl (C=O) groups excluding carboxylic acids is 2. The highest BCUT2D eigenvalue weighted by Crippen LogP contribution is 2.27. The number of anilines is 1. The van der Waals surface area contributed by atoms with Crippen LogP contribution in [-0.4, -0.2) is 59.5 Å². The smallest absolute Gasteiger partial charge is 0.253 e. The third kappa shape index (κ3) is 5.49. The number of ether oxygens (including phenoxy) is 1. The number of nitrogens with zero attached hydrogens (tertiary/aromatic N) is 3. The average molecular weight is 425 g/mol. The maximum absolute atomic E-state index is 13.3. The quantitative estimate of drug-likeness (QED) is 0.418. The van der Waals surface area contributed by atoms with Gasteiger partial charge in [-0.1, -0.05) is 29.2 Å². The first-order chi connectivity index (χ1) is 13.6. The molecule has 1 aromatic heterocycles. The van der Waals surface area contributed by atoms with Crippen molar-refractivity contribution in [1.29, 1.82) is 0 Å². The van der Waals surface area contributed by atoms with Crippen LogP contribution in [0.3, 0.4) is 0 Å². The van der Waals surface area contributed by atoms with Gasteiger partial charge in [0.1, 0.15) is 5.82 Å². The zero-order chi connectivity index (χ0) is 19.9. The van der Waals surface area contributed by atoms with Crippen LogP contribution in [0.1, 0.15) is 23.2 Å². The fourth-order valence-corrected chi connectivity index (χ4v) is 4.61. The molecule has 1 saturated heterocycles. The van der Waals surface area contributed by atoms with E-state index in [0.717, 1.165) is 10.1 Å². The molecule has 3 rings (SSSR count). The van der Waals surface area contributed by atoms with Gasteiger partial charge in [0.2, 0.25) is 11.0 Å². The monoisotopic (exact) mass is 424 g/mol. The van der Waals surface area contributed by atoms with Crippen LogP contribution in [0, 0.1) is 11.7 Å². The SMILES string of the molecule is COCCSc1nnc(NC(=O)C2CCN(C(=O)c3cccc(F)c3)CC2)s1. The molecule has 150 valence electrons. The van der Waals surface area contributed by atoms with Crippen LogP contribution in [0.25, 0.3) is 0 Å². The van der Waals surface area contributed by atoms with Gasteiger partial charge in [0.25, 0.3) is 5.91 Å². The summed E-state index contributed by atoms with van der Waals surface area (Å²) in [5.41, 5.74) is 0.329. The van der Waals surface area contributed by atoms with Crippen LogP contribution in [-0.2, 0) is 9.53 Å². The van der Waals surface area contributed by atoms with Gasteiger partial charge in [-0.05, 0) is 31.0 Å². The van der Waals surface area contributed by atoms with Crippen molar-refractivity contribution in [2.45, 2.75) is 17.2 Å². The number of halogens is 1. The minimum Gasteiger partial charge on any atom is -0.384 e. The molecule has 28 heavy (non-hydrogen) atoms. The van der Waals surface area contributed by atoms with Crippen molar-refractivity contribution in [1.82, 2.24) is 15.1 Å². The number of thioether (sulfide) groups is 1. The van der Waals surface area contributed by atoms with Crippen LogP contribution >= 0.6 is 23.1 Å². The van der Waals surface area contributed by atoms with Gasteiger partial charge in [0.05, 0.1) is 6.61 Å². The Morgan fingerprint density at radius 1 is 1.36 bits per heavy atom. The van der Waals surface area contributed by atoms with Crippen molar-refractivity contribution in [2.75, 3.05) is 37.9 Å². The van der Waals surface area contributed by atoms with Crippen molar-refractivity contribution in [2.24, 2.45) is 5.92 Å². The Morgan fingerprint density at radius 2 is 2.14 bits per heavy atom. The maximum Gasteiger partial charge on any atom is 0.253 e. The molecule has 0 unspecified atom stereocenters. The van der Waals surface area contributed by atoms with E-state index >= 15 is 0 Å². The highest BCUT2D eigenvalue weighted by Gasteiger charge is 2.28. The lowest BCUT2D eigenvalue weighted by molar-refractivity contribution is -0.121. The molecular formula is C18H21FN4O3S2. The molecule has 2 heterocycles. The predicted molar refractivity (Wildman–Crippen MR) is 106 cm³/mol. The van der Waals surface area contributed by atoms with Gasteiger partial charge in [-0.25, -0.2) is 4.39 Å². The normalized spacial score (nSPS) is 14.9. The van der Waals surface area contributed by atoms with E-state index in [-0.39, 0.29) is 17.7 Å². The van der Waals surface area contributed by atoms with Crippen LogP contribution in [0.2, 0.25) is 0 Å². The van der Waals surface area contributed by atoms with E-state index in [1.165, 1.54) is 41.3 Å². The van der Waals surface area contributed by atoms with Gasteiger partial charge in [0, 0.05) is 37.4 Å². The van der Waals surface area contributed by atoms with Crippen LogP contribution in [0.4, 0.5) is 9.52 Å². The fourth-order valence-electron chi connectivity index (χ4n) is 2.89. The van der Waals surface area contributed by atoms with Crippen LogP contribution in [0.5, 0.6) is 0 Å². The number of methoxy groups -OCH3 is 1. The standard InChI is InChI=1S/C18H21FN4O3S2/c1-26-9-10-27-18-22-21-17(28-18)20-15(24)12-5-7-23(8-6-12)16(25)13-3-2-4-14(19)11-13/h2-4,11-12H,5-10H2,1H3,(H,20,21,24). The van der Waals surface area contributed by atoms with E-state index < -0.39 is 5.82 Å². The number of hydrogen-bond donors (Lipinski definition) is 1. The lowest BCUT2D eigenvalue weighted by Crippen LogP contribution is -2.41. The summed E-state index contributed by atoms with van der Waals surface area (Å²) in [5, 5.41) is 11.3. The molecule has 7 nitrogen and oxygen atoms in total. The fraction of sp³-hybridized carbons (Fsp3) is 0.444. The molecule has 0 aliphatic carbocycles. The molecule has 1 N–H and O–H groups in total. The van der Waals surface area contributed by atoms with Gasteiger partial charge >= 0.3 is 0 Å². The molecule has 0 bridgehead atoms. The van der Waals surface area contributed by atoms with Crippen molar-refractivity contribution < 1.29 is 18.7 Å². The zero-order valence-corrected chi connectivity index (χ0v) is 17.0. The minimum absolute atomic E-state index is 0.109. The van der Waals surface area contributed by atoms with E-state index in [1.54, 1.807) is 18.1 Å². The van der Waals surface area contributed by atoms with E-state index in [2.05, 4.69) is 15.5 Å². The Bertz CT molecular complexity index is 825. The molecule has 2 amide bonds. The molecule has 0 spiro atoms. The van der Waals surface area contributed by atoms with E-state index in [1.807, 2.05) is 0 Å². The molecule has 0 radical (unpaired) electrons. The highest BCUT2D eigenvalue weighted by molar-refractivity contribution is 8.01. The van der Waals surface area contributed by atoms with Crippen molar-refractivity contribution in [3.63, 3.8) is 0 Å². The lowest BCUT2D eigenvalue weighted by Gasteiger charge is -2.31. The summed E-state index contributed by atoms with van der Waals surface area (Å²) in [6.45, 7) is 1.54. The Morgan fingerprint density at radius 3 is 2.86 bits per heavy atom. The Labute approximate surface area is 170 Å². The van der Waals surface area contributed by atoms with E-state index in [4.69, 9.17) is 4.74 Å². The largest absolute Gasteiger partial charge is 0.384 e. The number of benzene rings is 1. The Hall–Kier alpha value is -2.04. The number of aromatic nitrogens is 2. The zero-order valence-electron chi connectivity index (χ0n) is 15.4. The number of hydrogen-bond acceptors (Lipinski definition) is 7. The number of carbonyl (C=O) groups is 2. The van der Waals surface area contributed by atoms with Gasteiger partial charge in [-0.2, -0.15) is 0 Å². The topological polar surface area (TPSA) is 84.4 Å². The minimum atomic E-state index is -0.433.